The number of H-pyrrole nitrogens is 1. The molecule has 0 bridgehead atoms. The summed E-state index contributed by atoms with van der Waals surface area (Å²) in [6.07, 6.45) is 0. The number of aromatic amines is 1. The maximum Gasteiger partial charge on any atom is 0.208 e. The minimum Gasteiger partial charge on any atom is -0.330 e. The highest BCUT2D eigenvalue weighted by molar-refractivity contribution is 9.10. The third-order valence-electron chi connectivity index (χ3n) is 1.95. The lowest BCUT2D eigenvalue weighted by molar-refractivity contribution is 1.08. The first-order valence-corrected chi connectivity index (χ1v) is 6.26. The zero-order valence-electron chi connectivity index (χ0n) is 7.87. The summed E-state index contributed by atoms with van der Waals surface area (Å²) in [7, 11) is 0. The Hall–Kier alpha value is -0.720. The van der Waals surface area contributed by atoms with Crippen LogP contribution in [-0.4, -0.2) is 10.2 Å². The van der Waals surface area contributed by atoms with Gasteiger partial charge in [0.15, 0.2) is 3.95 Å². The summed E-state index contributed by atoms with van der Waals surface area (Å²) in [5.74, 6) is 0. The largest absolute Gasteiger partial charge is 0.330 e. The van der Waals surface area contributed by atoms with Crippen LogP contribution < -0.4 is 5.32 Å². The Bertz CT molecular complexity index is 532. The molecule has 3 nitrogen and oxygen atoms in total. The summed E-state index contributed by atoms with van der Waals surface area (Å²) in [4.78, 5) is 0. The second kappa shape index (κ2) is 4.42. The van der Waals surface area contributed by atoms with Crippen LogP contribution in [0.3, 0.4) is 0 Å². The maximum absolute atomic E-state index is 4.96. The van der Waals surface area contributed by atoms with E-state index in [2.05, 4.69) is 31.4 Å². The third kappa shape index (κ3) is 2.45. The van der Waals surface area contributed by atoms with E-state index < -0.39 is 0 Å². The molecule has 1 heterocycles. The minimum atomic E-state index is 0.671. The zero-order valence-corrected chi connectivity index (χ0v) is 11.1. The van der Waals surface area contributed by atoms with Crippen molar-refractivity contribution in [1.82, 2.24) is 10.2 Å². The van der Waals surface area contributed by atoms with E-state index in [1.807, 2.05) is 25.1 Å². The molecule has 0 atom stereocenters. The van der Waals surface area contributed by atoms with Crippen LogP contribution in [0.15, 0.2) is 22.7 Å². The van der Waals surface area contributed by atoms with Gasteiger partial charge in [0.2, 0.25) is 5.13 Å². The SMILES string of the molecule is Cc1c(Br)cccc1Nc1n[nH]c(=S)s1. The zero-order chi connectivity index (χ0) is 10.8. The van der Waals surface area contributed by atoms with Crippen LogP contribution in [0, 0.1) is 10.9 Å². The number of halogens is 1. The number of nitrogens with zero attached hydrogens (tertiary/aromatic N) is 1. The van der Waals surface area contributed by atoms with Gasteiger partial charge in [-0.1, -0.05) is 33.3 Å². The molecule has 2 N–H and O–H groups in total. The number of aromatic nitrogens is 2. The van der Waals surface area contributed by atoms with Gasteiger partial charge in [-0.05, 0) is 36.8 Å². The average molecular weight is 302 g/mol. The molecule has 0 aliphatic heterocycles. The van der Waals surface area contributed by atoms with Crippen molar-refractivity contribution in [2.24, 2.45) is 0 Å². The molecule has 0 aliphatic rings. The molecular weight excluding hydrogens is 294 g/mol. The Morgan fingerprint density at radius 3 is 3.00 bits per heavy atom. The van der Waals surface area contributed by atoms with E-state index in [9.17, 15) is 0 Å². The van der Waals surface area contributed by atoms with Crippen LogP contribution in [0.4, 0.5) is 10.8 Å². The van der Waals surface area contributed by atoms with Gasteiger partial charge in [0.1, 0.15) is 0 Å². The molecule has 0 fully saturated rings. The summed E-state index contributed by atoms with van der Waals surface area (Å²) in [5, 5.41) is 10.8. The molecule has 1 aromatic heterocycles. The Kier molecular flexibility index (Phi) is 3.18. The molecule has 1 aromatic carbocycles. The van der Waals surface area contributed by atoms with Gasteiger partial charge in [-0.2, -0.15) is 0 Å². The molecule has 0 aliphatic carbocycles. The van der Waals surface area contributed by atoms with E-state index in [4.69, 9.17) is 12.2 Å². The van der Waals surface area contributed by atoms with Crippen molar-refractivity contribution in [2.45, 2.75) is 6.92 Å². The Balaban J connectivity index is 2.32. The molecule has 78 valence electrons. The number of benzene rings is 1. The topological polar surface area (TPSA) is 40.7 Å². The fourth-order valence-electron chi connectivity index (χ4n) is 1.14. The third-order valence-corrected chi connectivity index (χ3v) is 3.81. The number of hydrogen-bond acceptors (Lipinski definition) is 4. The normalized spacial score (nSPS) is 10.3. The van der Waals surface area contributed by atoms with Crippen molar-refractivity contribution in [1.29, 1.82) is 0 Å². The van der Waals surface area contributed by atoms with E-state index in [0.29, 0.717) is 3.95 Å². The lowest BCUT2D eigenvalue weighted by atomic mass is 10.2. The number of anilines is 2. The first-order chi connectivity index (χ1) is 7.16. The first kappa shape index (κ1) is 10.8. The lowest BCUT2D eigenvalue weighted by Gasteiger charge is -2.07. The van der Waals surface area contributed by atoms with Crippen molar-refractivity contribution in [3.8, 4) is 0 Å². The Labute approximate surface area is 105 Å². The van der Waals surface area contributed by atoms with Gasteiger partial charge in [0.05, 0.1) is 0 Å². The molecule has 0 saturated heterocycles. The van der Waals surface area contributed by atoms with Crippen LogP contribution in [-0.2, 0) is 0 Å². The van der Waals surface area contributed by atoms with Crippen molar-refractivity contribution in [3.05, 3.63) is 32.2 Å². The van der Waals surface area contributed by atoms with E-state index in [1.165, 1.54) is 11.3 Å². The first-order valence-electron chi connectivity index (χ1n) is 4.24. The Morgan fingerprint density at radius 2 is 2.33 bits per heavy atom. The number of rotatable bonds is 2. The highest BCUT2D eigenvalue weighted by atomic mass is 79.9. The fourth-order valence-corrected chi connectivity index (χ4v) is 2.31. The summed E-state index contributed by atoms with van der Waals surface area (Å²) >= 11 is 9.86. The fraction of sp³-hybridized carbons (Fsp3) is 0.111. The summed E-state index contributed by atoms with van der Waals surface area (Å²) in [5.41, 5.74) is 2.18. The predicted octanol–water partition coefficient (Wildman–Crippen LogP) is 4.02. The van der Waals surface area contributed by atoms with Crippen LogP contribution in [0.1, 0.15) is 5.56 Å². The summed E-state index contributed by atoms with van der Waals surface area (Å²) in [6.45, 7) is 2.04. The van der Waals surface area contributed by atoms with E-state index in [-0.39, 0.29) is 0 Å². The van der Waals surface area contributed by atoms with E-state index in [1.54, 1.807) is 0 Å². The molecule has 0 amide bonds. The monoisotopic (exact) mass is 301 g/mol. The second-order valence-corrected chi connectivity index (χ2v) is 5.48. The van der Waals surface area contributed by atoms with E-state index >= 15 is 0 Å². The molecule has 0 spiro atoms. The van der Waals surface area contributed by atoms with Crippen molar-refractivity contribution >= 4 is 50.3 Å². The predicted molar refractivity (Wildman–Crippen MR) is 69.5 cm³/mol. The molecule has 0 unspecified atom stereocenters. The molecule has 15 heavy (non-hydrogen) atoms. The van der Waals surface area contributed by atoms with Crippen LogP contribution in [0.2, 0.25) is 0 Å². The number of hydrogen-bond donors (Lipinski definition) is 2. The van der Waals surface area contributed by atoms with Crippen molar-refractivity contribution in [3.63, 3.8) is 0 Å². The average Bonchev–Trinajstić information content (AvgIpc) is 2.59. The van der Waals surface area contributed by atoms with Crippen LogP contribution in [0.25, 0.3) is 0 Å². The molecule has 2 aromatic rings. The molecule has 0 saturated carbocycles. The van der Waals surface area contributed by atoms with Crippen molar-refractivity contribution in [2.75, 3.05) is 5.32 Å². The number of nitrogens with one attached hydrogen (secondary N) is 2. The smallest absolute Gasteiger partial charge is 0.208 e. The van der Waals surface area contributed by atoms with Crippen LogP contribution in [0.5, 0.6) is 0 Å². The van der Waals surface area contributed by atoms with Gasteiger partial charge in [-0.25, -0.2) is 0 Å². The van der Waals surface area contributed by atoms with Crippen LogP contribution >= 0.6 is 39.5 Å². The minimum absolute atomic E-state index is 0.671. The Morgan fingerprint density at radius 1 is 1.53 bits per heavy atom. The molecule has 2 rings (SSSR count). The summed E-state index contributed by atoms with van der Waals surface area (Å²) < 4.78 is 1.75. The molecule has 0 radical (unpaired) electrons. The maximum atomic E-state index is 4.96. The lowest BCUT2D eigenvalue weighted by Crippen LogP contribution is -1.92. The van der Waals surface area contributed by atoms with Gasteiger partial charge >= 0.3 is 0 Å². The van der Waals surface area contributed by atoms with Gasteiger partial charge in [0.25, 0.3) is 0 Å². The molecule has 6 heteroatoms. The van der Waals surface area contributed by atoms with Gasteiger partial charge in [-0.3, -0.25) is 5.10 Å². The van der Waals surface area contributed by atoms with Gasteiger partial charge in [0, 0.05) is 10.2 Å². The van der Waals surface area contributed by atoms with Crippen molar-refractivity contribution < 1.29 is 0 Å². The van der Waals surface area contributed by atoms with Gasteiger partial charge in [-0.15, -0.1) is 5.10 Å². The second-order valence-electron chi connectivity index (χ2n) is 2.96. The molecular formula is C9H8BrN3S2. The van der Waals surface area contributed by atoms with Gasteiger partial charge < -0.3 is 5.32 Å². The summed E-state index contributed by atoms with van der Waals surface area (Å²) in [6, 6.07) is 5.99. The highest BCUT2D eigenvalue weighted by Crippen LogP contribution is 2.26. The quantitative estimate of drug-likeness (QED) is 0.823. The van der Waals surface area contributed by atoms with E-state index in [0.717, 1.165) is 20.9 Å². The highest BCUT2D eigenvalue weighted by Gasteiger charge is 2.03. The standard InChI is InChI=1S/C9H8BrN3S2/c1-5-6(10)3-2-4-7(5)11-8-12-13-9(14)15-8/h2-4H,1H3,(H,11,12)(H,13,14).